The number of pyridine rings is 1. The van der Waals surface area contributed by atoms with E-state index in [2.05, 4.69) is 20.9 Å². The van der Waals surface area contributed by atoms with Gasteiger partial charge in [-0.3, -0.25) is 0 Å². The molecule has 0 saturated carbocycles. The van der Waals surface area contributed by atoms with Gasteiger partial charge in [-0.15, -0.1) is 0 Å². The predicted octanol–water partition coefficient (Wildman–Crippen LogP) is 3.53. The summed E-state index contributed by atoms with van der Waals surface area (Å²) in [6.45, 7) is 0. The highest BCUT2D eigenvalue weighted by molar-refractivity contribution is 14.1. The van der Waals surface area contributed by atoms with Crippen molar-refractivity contribution in [1.29, 1.82) is 0 Å². The average molecular weight is 352 g/mol. The first-order valence-corrected chi connectivity index (χ1v) is 4.69. The van der Waals surface area contributed by atoms with Crippen molar-refractivity contribution in [3.63, 3.8) is 0 Å². The van der Waals surface area contributed by atoms with E-state index in [1.165, 1.54) is 0 Å². The van der Waals surface area contributed by atoms with Crippen LogP contribution in [0.2, 0.25) is 0 Å². The van der Waals surface area contributed by atoms with Crippen LogP contribution in [0.3, 0.4) is 0 Å². The van der Waals surface area contributed by atoms with Crippen molar-refractivity contribution in [2.24, 2.45) is 0 Å². The summed E-state index contributed by atoms with van der Waals surface area (Å²) in [5.74, 6) is -0.875. The highest BCUT2D eigenvalue weighted by Crippen LogP contribution is 2.25. The molecule has 1 heterocycles. The minimum Gasteiger partial charge on any atom is -0.218 e. The van der Waals surface area contributed by atoms with Crippen molar-refractivity contribution in [3.05, 3.63) is 25.8 Å². The summed E-state index contributed by atoms with van der Waals surface area (Å²) in [6, 6.07) is 1.11. The van der Waals surface area contributed by atoms with Crippen LogP contribution in [0, 0.1) is 9.52 Å². The number of alkyl halides is 2. The number of hydrogen-bond acceptors (Lipinski definition) is 1. The van der Waals surface area contributed by atoms with Gasteiger partial charge in [0.1, 0.15) is 5.69 Å². The molecule has 12 heavy (non-hydrogen) atoms. The van der Waals surface area contributed by atoms with Gasteiger partial charge in [0, 0.05) is 4.47 Å². The SMILES string of the molecule is Fc1nc(C(F)F)cc(Br)c1I. The fourth-order valence-electron chi connectivity index (χ4n) is 0.598. The Morgan fingerprint density at radius 3 is 2.50 bits per heavy atom. The summed E-state index contributed by atoms with van der Waals surface area (Å²) in [5, 5.41) is 0. The van der Waals surface area contributed by atoms with Crippen LogP contribution in [0.5, 0.6) is 0 Å². The molecule has 0 unspecified atom stereocenters. The fraction of sp³-hybridized carbons (Fsp3) is 0.167. The molecule has 1 nitrogen and oxygen atoms in total. The molecule has 0 N–H and O–H groups in total. The highest BCUT2D eigenvalue weighted by Gasteiger charge is 2.14. The van der Waals surface area contributed by atoms with Gasteiger partial charge in [0.2, 0.25) is 5.95 Å². The minimum absolute atomic E-state index is 0.206. The molecule has 0 fully saturated rings. The van der Waals surface area contributed by atoms with E-state index >= 15 is 0 Å². The molecule has 0 aromatic carbocycles. The van der Waals surface area contributed by atoms with Gasteiger partial charge in [0.05, 0.1) is 3.57 Å². The molecule has 0 saturated heterocycles. The summed E-state index contributed by atoms with van der Waals surface area (Å²) in [7, 11) is 0. The lowest BCUT2D eigenvalue weighted by Crippen LogP contribution is -1.96. The second-order valence-corrected chi connectivity index (χ2v) is 3.87. The molecule has 1 rings (SSSR count). The Hall–Kier alpha value is 0.150. The lowest BCUT2D eigenvalue weighted by molar-refractivity contribution is 0.144. The molecule has 0 amide bonds. The van der Waals surface area contributed by atoms with Gasteiger partial charge in [-0.2, -0.15) is 4.39 Å². The number of rotatable bonds is 1. The molecule has 0 atom stereocenters. The van der Waals surface area contributed by atoms with Crippen LogP contribution in [-0.2, 0) is 0 Å². The van der Waals surface area contributed by atoms with Crippen LogP contribution in [0.25, 0.3) is 0 Å². The third kappa shape index (κ3) is 2.09. The van der Waals surface area contributed by atoms with Crippen molar-refractivity contribution in [2.45, 2.75) is 6.43 Å². The fourth-order valence-corrected chi connectivity index (χ4v) is 1.27. The highest BCUT2D eigenvalue weighted by atomic mass is 127. The van der Waals surface area contributed by atoms with E-state index in [4.69, 9.17) is 0 Å². The quantitative estimate of drug-likeness (QED) is 0.557. The van der Waals surface area contributed by atoms with E-state index in [0.717, 1.165) is 6.07 Å². The van der Waals surface area contributed by atoms with Crippen LogP contribution in [0.15, 0.2) is 10.5 Å². The zero-order valence-corrected chi connectivity index (χ0v) is 9.24. The van der Waals surface area contributed by atoms with Gasteiger partial charge in [0.15, 0.2) is 0 Å². The van der Waals surface area contributed by atoms with Gasteiger partial charge in [-0.05, 0) is 44.6 Å². The normalized spacial score (nSPS) is 10.8. The van der Waals surface area contributed by atoms with Gasteiger partial charge in [0.25, 0.3) is 6.43 Å². The first kappa shape index (κ1) is 10.2. The maximum Gasteiger partial charge on any atom is 0.280 e. The molecule has 0 spiro atoms. The molecular weight excluding hydrogens is 350 g/mol. The molecule has 0 bridgehead atoms. The minimum atomic E-state index is -2.74. The molecular formula is C6H2BrF3IN. The van der Waals surface area contributed by atoms with E-state index in [9.17, 15) is 13.2 Å². The topological polar surface area (TPSA) is 12.9 Å². The van der Waals surface area contributed by atoms with Crippen molar-refractivity contribution < 1.29 is 13.2 Å². The molecule has 0 aliphatic carbocycles. The largest absolute Gasteiger partial charge is 0.280 e. The molecule has 1 aromatic heterocycles. The summed E-state index contributed by atoms with van der Waals surface area (Å²) in [4.78, 5) is 3.08. The summed E-state index contributed by atoms with van der Waals surface area (Å²) < 4.78 is 37.2. The Morgan fingerprint density at radius 2 is 2.08 bits per heavy atom. The van der Waals surface area contributed by atoms with Crippen LogP contribution in [0.4, 0.5) is 13.2 Å². The Morgan fingerprint density at radius 1 is 1.50 bits per heavy atom. The van der Waals surface area contributed by atoms with Crippen molar-refractivity contribution >= 4 is 38.5 Å². The number of halogens is 5. The van der Waals surface area contributed by atoms with Gasteiger partial charge < -0.3 is 0 Å². The monoisotopic (exact) mass is 351 g/mol. The van der Waals surface area contributed by atoms with Crippen LogP contribution >= 0.6 is 38.5 Å². The third-order valence-electron chi connectivity index (χ3n) is 1.12. The maximum absolute atomic E-state index is 12.7. The lowest BCUT2D eigenvalue weighted by Gasteiger charge is -2.01. The maximum atomic E-state index is 12.7. The molecule has 66 valence electrons. The second-order valence-electron chi connectivity index (χ2n) is 1.93. The molecule has 0 aliphatic rings. The summed E-state index contributed by atoms with van der Waals surface area (Å²) in [5.41, 5.74) is -0.556. The first-order valence-electron chi connectivity index (χ1n) is 2.82. The van der Waals surface area contributed by atoms with E-state index < -0.39 is 18.1 Å². The van der Waals surface area contributed by atoms with Crippen molar-refractivity contribution in [3.8, 4) is 0 Å². The predicted molar refractivity (Wildman–Crippen MR) is 49.6 cm³/mol. The van der Waals surface area contributed by atoms with Crippen LogP contribution in [-0.4, -0.2) is 4.98 Å². The summed E-state index contributed by atoms with van der Waals surface area (Å²) in [6.07, 6.45) is -2.74. The average Bonchev–Trinajstić information content (AvgIpc) is 1.99. The van der Waals surface area contributed by atoms with Crippen LogP contribution < -0.4 is 0 Å². The Kier molecular flexibility index (Phi) is 3.33. The Balaban J connectivity index is 3.21. The van der Waals surface area contributed by atoms with E-state index in [-0.39, 0.29) is 3.57 Å². The van der Waals surface area contributed by atoms with E-state index in [0.29, 0.717) is 4.47 Å². The number of aromatic nitrogens is 1. The molecule has 6 heteroatoms. The third-order valence-corrected chi connectivity index (χ3v) is 3.51. The lowest BCUT2D eigenvalue weighted by atomic mass is 10.4. The van der Waals surface area contributed by atoms with Crippen LogP contribution in [0.1, 0.15) is 12.1 Å². The Bertz CT molecular complexity index is 282. The van der Waals surface area contributed by atoms with E-state index in [1.807, 2.05) is 0 Å². The van der Waals surface area contributed by atoms with Crippen molar-refractivity contribution in [2.75, 3.05) is 0 Å². The smallest absolute Gasteiger partial charge is 0.218 e. The summed E-state index contributed by atoms with van der Waals surface area (Å²) >= 11 is 4.62. The van der Waals surface area contributed by atoms with E-state index in [1.54, 1.807) is 22.6 Å². The Labute approximate surface area is 88.6 Å². The van der Waals surface area contributed by atoms with Gasteiger partial charge >= 0.3 is 0 Å². The molecule has 1 aromatic rings. The molecule has 0 radical (unpaired) electrons. The number of nitrogens with zero attached hydrogens (tertiary/aromatic N) is 1. The van der Waals surface area contributed by atoms with Gasteiger partial charge in [-0.1, -0.05) is 0 Å². The zero-order valence-electron chi connectivity index (χ0n) is 5.49. The standard InChI is InChI=1S/C6H2BrF3IN/c7-2-1-3(5(8)9)12-6(10)4(2)11/h1,5H. The number of hydrogen-bond donors (Lipinski definition) is 0. The van der Waals surface area contributed by atoms with Gasteiger partial charge in [-0.25, -0.2) is 13.8 Å². The first-order chi connectivity index (χ1) is 5.52. The molecule has 0 aliphatic heterocycles. The zero-order chi connectivity index (χ0) is 9.30. The second kappa shape index (κ2) is 3.91. The van der Waals surface area contributed by atoms with Crippen molar-refractivity contribution in [1.82, 2.24) is 4.98 Å².